The molecule has 126 valence electrons. The first-order chi connectivity index (χ1) is 12.1. The van der Waals surface area contributed by atoms with Crippen LogP contribution in [0, 0.1) is 29.0 Å². The fraction of sp³-hybridized carbons (Fsp3) is 0.211. The molecule has 0 radical (unpaired) electrons. The highest BCUT2D eigenvalue weighted by molar-refractivity contribution is 5.99. The van der Waals surface area contributed by atoms with Crippen molar-refractivity contribution < 1.29 is 14.0 Å². The van der Waals surface area contributed by atoms with Crippen molar-refractivity contribution in [3.8, 4) is 6.07 Å². The van der Waals surface area contributed by atoms with E-state index in [1.807, 2.05) is 6.07 Å². The molecule has 0 aliphatic heterocycles. The normalized spacial score (nSPS) is 18.1. The second-order valence-corrected chi connectivity index (χ2v) is 5.97. The highest BCUT2D eigenvalue weighted by Gasteiger charge is 2.47. The molecule has 1 fully saturated rings. The number of nitrogens with zero attached hydrogens (tertiary/aromatic N) is 1. The van der Waals surface area contributed by atoms with Crippen molar-refractivity contribution in [3.05, 3.63) is 65.5 Å². The zero-order chi connectivity index (χ0) is 17.8. The second-order valence-electron chi connectivity index (χ2n) is 5.97. The minimum absolute atomic E-state index is 0.177. The maximum absolute atomic E-state index is 12.8. The summed E-state index contributed by atoms with van der Waals surface area (Å²) in [5.74, 6) is -1.38. The van der Waals surface area contributed by atoms with Crippen molar-refractivity contribution in [3.63, 3.8) is 0 Å². The summed E-state index contributed by atoms with van der Waals surface area (Å²) < 4.78 is 12.8. The molecule has 0 heterocycles. The molecular weight excluding hydrogens is 321 g/mol. The summed E-state index contributed by atoms with van der Waals surface area (Å²) in [5, 5.41) is 14.3. The summed E-state index contributed by atoms with van der Waals surface area (Å²) in [6.45, 7) is 0.305. The number of nitriles is 1. The number of nitrogens with one attached hydrogen (secondary N) is 2. The zero-order valence-corrected chi connectivity index (χ0v) is 13.3. The van der Waals surface area contributed by atoms with E-state index < -0.39 is 0 Å². The van der Waals surface area contributed by atoms with Gasteiger partial charge in [-0.25, -0.2) is 4.39 Å². The van der Waals surface area contributed by atoms with E-state index in [1.54, 1.807) is 36.4 Å². The summed E-state index contributed by atoms with van der Waals surface area (Å²) in [6, 6.07) is 14.5. The van der Waals surface area contributed by atoms with E-state index in [0.717, 1.165) is 5.56 Å². The first-order valence-corrected chi connectivity index (χ1v) is 7.90. The molecule has 0 saturated heterocycles. The van der Waals surface area contributed by atoms with Crippen LogP contribution in [-0.2, 0) is 16.1 Å². The van der Waals surface area contributed by atoms with E-state index in [1.165, 1.54) is 12.1 Å². The fourth-order valence-corrected chi connectivity index (χ4v) is 2.56. The van der Waals surface area contributed by atoms with Crippen molar-refractivity contribution in [2.75, 3.05) is 5.32 Å². The van der Waals surface area contributed by atoms with Crippen LogP contribution in [0.3, 0.4) is 0 Å². The quantitative estimate of drug-likeness (QED) is 0.880. The monoisotopic (exact) mass is 337 g/mol. The van der Waals surface area contributed by atoms with Crippen LogP contribution in [0.15, 0.2) is 48.5 Å². The Hall–Kier alpha value is -3.20. The summed E-state index contributed by atoms with van der Waals surface area (Å²) in [7, 11) is 0. The molecule has 2 N–H and O–H groups in total. The van der Waals surface area contributed by atoms with Gasteiger partial charge in [0, 0.05) is 12.2 Å². The van der Waals surface area contributed by atoms with Crippen LogP contribution >= 0.6 is 0 Å². The van der Waals surface area contributed by atoms with E-state index in [0.29, 0.717) is 24.2 Å². The van der Waals surface area contributed by atoms with Gasteiger partial charge in [-0.05, 0) is 48.4 Å². The highest BCUT2D eigenvalue weighted by atomic mass is 19.1. The van der Waals surface area contributed by atoms with Crippen molar-refractivity contribution >= 4 is 17.5 Å². The lowest BCUT2D eigenvalue weighted by Crippen LogP contribution is -2.27. The Morgan fingerprint density at radius 2 is 1.68 bits per heavy atom. The van der Waals surface area contributed by atoms with Gasteiger partial charge in [0.25, 0.3) is 0 Å². The van der Waals surface area contributed by atoms with Crippen molar-refractivity contribution in [2.24, 2.45) is 11.8 Å². The number of hydrogen-bond donors (Lipinski definition) is 2. The Bertz CT molecular complexity index is 825. The molecule has 6 heteroatoms. The Balaban J connectivity index is 1.47. The third kappa shape index (κ3) is 4.21. The zero-order valence-electron chi connectivity index (χ0n) is 13.3. The van der Waals surface area contributed by atoms with E-state index in [9.17, 15) is 14.0 Å². The number of hydrogen-bond acceptors (Lipinski definition) is 3. The fourth-order valence-electron chi connectivity index (χ4n) is 2.56. The van der Waals surface area contributed by atoms with Gasteiger partial charge in [0.05, 0.1) is 23.5 Å². The molecule has 25 heavy (non-hydrogen) atoms. The lowest BCUT2D eigenvalue weighted by molar-refractivity contribution is -0.125. The van der Waals surface area contributed by atoms with Gasteiger partial charge in [-0.15, -0.1) is 0 Å². The third-order valence-electron chi connectivity index (χ3n) is 4.13. The third-order valence-corrected chi connectivity index (χ3v) is 4.13. The van der Waals surface area contributed by atoms with Gasteiger partial charge in [0.1, 0.15) is 5.82 Å². The molecule has 2 aromatic rings. The largest absolute Gasteiger partial charge is 0.352 e. The van der Waals surface area contributed by atoms with Crippen LogP contribution < -0.4 is 10.6 Å². The summed E-state index contributed by atoms with van der Waals surface area (Å²) in [6.07, 6.45) is 0.511. The van der Waals surface area contributed by atoms with Crippen LogP contribution in [0.1, 0.15) is 17.5 Å². The van der Waals surface area contributed by atoms with Gasteiger partial charge in [-0.1, -0.05) is 12.1 Å². The molecule has 3 rings (SSSR count). The Morgan fingerprint density at radius 3 is 2.32 bits per heavy atom. The minimum Gasteiger partial charge on any atom is -0.352 e. The molecule has 5 nitrogen and oxygen atoms in total. The number of anilines is 1. The van der Waals surface area contributed by atoms with Crippen LogP contribution in [0.2, 0.25) is 0 Å². The van der Waals surface area contributed by atoms with E-state index in [-0.39, 0.29) is 29.5 Å². The number of benzene rings is 2. The lowest BCUT2D eigenvalue weighted by Gasteiger charge is -2.06. The molecule has 1 aliphatic carbocycles. The summed E-state index contributed by atoms with van der Waals surface area (Å²) in [4.78, 5) is 24.3. The predicted molar refractivity (Wildman–Crippen MR) is 89.6 cm³/mol. The smallest absolute Gasteiger partial charge is 0.228 e. The molecule has 2 atom stereocenters. The topological polar surface area (TPSA) is 82.0 Å². The molecule has 0 aromatic heterocycles. The highest BCUT2D eigenvalue weighted by Crippen LogP contribution is 2.39. The molecule has 0 spiro atoms. The molecule has 0 bridgehead atoms. The average molecular weight is 337 g/mol. The number of rotatable bonds is 5. The van der Waals surface area contributed by atoms with E-state index in [4.69, 9.17) is 5.26 Å². The van der Waals surface area contributed by atoms with Crippen LogP contribution in [-0.4, -0.2) is 11.8 Å². The number of amides is 2. The number of carbonyl (C=O) groups excluding carboxylic acids is 2. The maximum atomic E-state index is 12.8. The number of halogens is 1. The Kier molecular flexibility index (Phi) is 4.75. The molecular formula is C19H16FN3O2. The Labute approximate surface area is 144 Å². The van der Waals surface area contributed by atoms with Crippen molar-refractivity contribution in [1.82, 2.24) is 5.32 Å². The first-order valence-electron chi connectivity index (χ1n) is 7.90. The second kappa shape index (κ2) is 7.14. The van der Waals surface area contributed by atoms with E-state index >= 15 is 0 Å². The lowest BCUT2D eigenvalue weighted by atomic mass is 10.2. The van der Waals surface area contributed by atoms with Crippen molar-refractivity contribution in [2.45, 2.75) is 13.0 Å². The van der Waals surface area contributed by atoms with Crippen LogP contribution in [0.5, 0.6) is 0 Å². The van der Waals surface area contributed by atoms with Crippen molar-refractivity contribution in [1.29, 1.82) is 5.26 Å². The van der Waals surface area contributed by atoms with Gasteiger partial charge in [-0.3, -0.25) is 9.59 Å². The minimum atomic E-state index is -0.344. The van der Waals surface area contributed by atoms with Gasteiger partial charge < -0.3 is 10.6 Å². The molecule has 2 unspecified atom stereocenters. The van der Waals surface area contributed by atoms with Crippen LogP contribution in [0.4, 0.5) is 10.1 Å². The van der Waals surface area contributed by atoms with Gasteiger partial charge in [0.2, 0.25) is 11.8 Å². The summed E-state index contributed by atoms with van der Waals surface area (Å²) >= 11 is 0. The first kappa shape index (κ1) is 16.7. The maximum Gasteiger partial charge on any atom is 0.228 e. The molecule has 1 saturated carbocycles. The molecule has 1 aliphatic rings. The van der Waals surface area contributed by atoms with Gasteiger partial charge in [0.15, 0.2) is 0 Å². The van der Waals surface area contributed by atoms with Gasteiger partial charge >= 0.3 is 0 Å². The Morgan fingerprint density at radius 1 is 1.04 bits per heavy atom. The van der Waals surface area contributed by atoms with Crippen LogP contribution in [0.25, 0.3) is 0 Å². The number of carbonyl (C=O) groups is 2. The van der Waals surface area contributed by atoms with E-state index in [2.05, 4.69) is 10.6 Å². The standard InChI is InChI=1S/C19H16FN3O2/c20-14-5-1-13(2-6-14)11-22-18(24)16-9-17(16)19(25)23-15-7-3-12(10-21)4-8-15/h1-8,16-17H,9,11H2,(H,22,24)(H,23,25). The molecule has 2 aromatic carbocycles. The average Bonchev–Trinajstić information content (AvgIpc) is 3.43. The molecule has 2 amide bonds. The SMILES string of the molecule is N#Cc1ccc(NC(=O)C2CC2C(=O)NCc2ccc(F)cc2)cc1. The summed E-state index contributed by atoms with van der Waals surface area (Å²) in [5.41, 5.74) is 1.91. The predicted octanol–water partition coefficient (Wildman–Crippen LogP) is 2.59. The van der Waals surface area contributed by atoms with Gasteiger partial charge in [-0.2, -0.15) is 5.26 Å².